The van der Waals surface area contributed by atoms with E-state index in [1.54, 1.807) is 0 Å². The zero-order chi connectivity index (χ0) is 16.8. The highest BCUT2D eigenvalue weighted by molar-refractivity contribution is 5.86. The van der Waals surface area contributed by atoms with Gasteiger partial charge >= 0.3 is 0 Å². The number of aryl methyl sites for hydroxylation is 1. The van der Waals surface area contributed by atoms with Crippen molar-refractivity contribution in [2.24, 2.45) is 5.41 Å². The number of hydrogen-bond donors (Lipinski definition) is 0. The largest absolute Gasteiger partial charge is 0.376 e. The van der Waals surface area contributed by atoms with E-state index in [1.807, 2.05) is 11.0 Å². The van der Waals surface area contributed by atoms with Gasteiger partial charge in [0.2, 0.25) is 5.91 Å². The SMILES string of the molecule is N#CC1(C(=O)N2CC[C@H](OCCCc3ccccc3)C2)CCCC1. The lowest BCUT2D eigenvalue weighted by Gasteiger charge is -2.26. The number of nitrogens with zero attached hydrogens (tertiary/aromatic N) is 2. The fourth-order valence-electron chi connectivity index (χ4n) is 3.87. The third kappa shape index (κ3) is 3.79. The van der Waals surface area contributed by atoms with Gasteiger partial charge in [-0.25, -0.2) is 0 Å². The molecule has 0 radical (unpaired) electrons. The molecule has 1 atom stereocenters. The first-order chi connectivity index (χ1) is 11.7. The van der Waals surface area contributed by atoms with Crippen molar-refractivity contribution in [1.29, 1.82) is 5.26 Å². The van der Waals surface area contributed by atoms with Gasteiger partial charge in [-0.2, -0.15) is 5.26 Å². The summed E-state index contributed by atoms with van der Waals surface area (Å²) in [5.74, 6) is 0.0397. The Morgan fingerprint density at radius 2 is 2.04 bits per heavy atom. The highest BCUT2D eigenvalue weighted by atomic mass is 16.5. The normalized spacial score (nSPS) is 22.5. The lowest BCUT2D eigenvalue weighted by Crippen LogP contribution is -2.41. The molecule has 0 bridgehead atoms. The van der Waals surface area contributed by atoms with Gasteiger partial charge in [0, 0.05) is 19.7 Å². The maximum absolute atomic E-state index is 12.7. The average Bonchev–Trinajstić information content (AvgIpc) is 3.29. The standard InChI is InChI=1S/C20H26N2O2/c21-16-20(11-4-5-12-20)19(23)22-13-10-18(15-22)24-14-6-9-17-7-2-1-3-8-17/h1-3,7-8,18H,4-6,9-15H2/t18-/m0/s1. The van der Waals surface area contributed by atoms with Gasteiger partial charge in [-0.1, -0.05) is 43.2 Å². The number of benzene rings is 1. The summed E-state index contributed by atoms with van der Waals surface area (Å²) in [6.45, 7) is 2.10. The first-order valence-electron chi connectivity index (χ1n) is 9.10. The fourth-order valence-corrected chi connectivity index (χ4v) is 3.87. The Hall–Kier alpha value is -1.86. The Labute approximate surface area is 144 Å². The molecule has 24 heavy (non-hydrogen) atoms. The maximum atomic E-state index is 12.7. The Morgan fingerprint density at radius 1 is 1.29 bits per heavy atom. The number of rotatable bonds is 6. The molecule has 0 unspecified atom stereocenters. The molecule has 128 valence electrons. The van der Waals surface area contributed by atoms with Crippen LogP contribution in [0.3, 0.4) is 0 Å². The van der Waals surface area contributed by atoms with Crippen LogP contribution in [-0.4, -0.2) is 36.6 Å². The molecule has 1 aliphatic heterocycles. The van der Waals surface area contributed by atoms with Crippen LogP contribution in [-0.2, 0) is 16.0 Å². The minimum atomic E-state index is -0.748. The van der Waals surface area contributed by atoms with Crippen LogP contribution in [0.5, 0.6) is 0 Å². The molecular formula is C20H26N2O2. The molecule has 2 aliphatic rings. The predicted molar refractivity (Wildman–Crippen MR) is 92.2 cm³/mol. The monoisotopic (exact) mass is 326 g/mol. The number of carbonyl (C=O) groups is 1. The number of carbonyl (C=O) groups excluding carboxylic acids is 1. The van der Waals surface area contributed by atoms with Crippen LogP contribution in [0.4, 0.5) is 0 Å². The minimum absolute atomic E-state index is 0.0397. The number of hydrogen-bond acceptors (Lipinski definition) is 3. The Morgan fingerprint density at radius 3 is 2.75 bits per heavy atom. The molecule has 2 fully saturated rings. The van der Waals surface area contributed by atoms with Crippen LogP contribution in [0.2, 0.25) is 0 Å². The van der Waals surface area contributed by atoms with Gasteiger partial charge in [-0.15, -0.1) is 0 Å². The van der Waals surface area contributed by atoms with E-state index >= 15 is 0 Å². The van der Waals surface area contributed by atoms with E-state index < -0.39 is 5.41 Å². The van der Waals surface area contributed by atoms with Gasteiger partial charge in [0.1, 0.15) is 5.41 Å². The van der Waals surface area contributed by atoms with E-state index in [0.717, 1.165) is 58.1 Å². The van der Waals surface area contributed by atoms with Crippen molar-refractivity contribution >= 4 is 5.91 Å². The molecular weight excluding hydrogens is 300 g/mol. The lowest BCUT2D eigenvalue weighted by atomic mass is 9.86. The first-order valence-corrected chi connectivity index (χ1v) is 9.10. The molecule has 1 aliphatic carbocycles. The van der Waals surface area contributed by atoms with Crippen LogP contribution >= 0.6 is 0 Å². The highest BCUT2D eigenvalue weighted by Crippen LogP contribution is 2.39. The van der Waals surface area contributed by atoms with Crippen molar-refractivity contribution in [2.75, 3.05) is 19.7 Å². The molecule has 1 aromatic carbocycles. The summed E-state index contributed by atoms with van der Waals surface area (Å²) in [5.41, 5.74) is 0.587. The summed E-state index contributed by atoms with van der Waals surface area (Å²) < 4.78 is 5.96. The Bertz CT molecular complexity index is 587. The second kappa shape index (κ2) is 7.81. The van der Waals surface area contributed by atoms with Gasteiger partial charge in [-0.05, 0) is 37.7 Å². The van der Waals surface area contributed by atoms with E-state index in [1.165, 1.54) is 5.56 Å². The Balaban J connectivity index is 1.41. The highest BCUT2D eigenvalue weighted by Gasteiger charge is 2.45. The molecule has 0 spiro atoms. The summed E-state index contributed by atoms with van der Waals surface area (Å²) in [6.07, 6.45) is 6.46. The van der Waals surface area contributed by atoms with Gasteiger partial charge in [0.15, 0.2) is 0 Å². The first kappa shape index (κ1) is 17.0. The van der Waals surface area contributed by atoms with E-state index in [4.69, 9.17) is 4.74 Å². The zero-order valence-corrected chi connectivity index (χ0v) is 14.2. The van der Waals surface area contributed by atoms with E-state index in [2.05, 4.69) is 30.3 Å². The molecule has 4 heteroatoms. The second-order valence-electron chi connectivity index (χ2n) is 7.02. The van der Waals surface area contributed by atoms with Crippen molar-refractivity contribution in [2.45, 2.75) is 51.0 Å². The molecule has 0 N–H and O–H groups in total. The van der Waals surface area contributed by atoms with Crippen molar-refractivity contribution in [1.82, 2.24) is 4.90 Å². The average molecular weight is 326 g/mol. The molecule has 4 nitrogen and oxygen atoms in total. The predicted octanol–water partition coefficient (Wildman–Crippen LogP) is 3.32. The number of nitriles is 1. The molecule has 1 saturated heterocycles. The van der Waals surface area contributed by atoms with Gasteiger partial charge in [0.25, 0.3) is 0 Å². The minimum Gasteiger partial charge on any atom is -0.376 e. The lowest BCUT2D eigenvalue weighted by molar-refractivity contribution is -0.138. The van der Waals surface area contributed by atoms with Crippen molar-refractivity contribution in [3.8, 4) is 6.07 Å². The second-order valence-corrected chi connectivity index (χ2v) is 7.02. The van der Waals surface area contributed by atoms with Gasteiger partial charge in [-0.3, -0.25) is 4.79 Å². The molecule has 1 amide bonds. The van der Waals surface area contributed by atoms with Crippen molar-refractivity contribution < 1.29 is 9.53 Å². The third-order valence-electron chi connectivity index (χ3n) is 5.32. The maximum Gasteiger partial charge on any atom is 0.243 e. The van der Waals surface area contributed by atoms with Gasteiger partial charge in [0.05, 0.1) is 12.2 Å². The molecule has 1 heterocycles. The third-order valence-corrected chi connectivity index (χ3v) is 5.32. The van der Waals surface area contributed by atoms with E-state index in [-0.39, 0.29) is 12.0 Å². The molecule has 1 saturated carbocycles. The van der Waals surface area contributed by atoms with Crippen LogP contribution in [0.15, 0.2) is 30.3 Å². The Kier molecular flexibility index (Phi) is 5.52. The molecule has 1 aromatic rings. The summed E-state index contributed by atoms with van der Waals surface area (Å²) >= 11 is 0. The van der Waals surface area contributed by atoms with Crippen LogP contribution in [0.25, 0.3) is 0 Å². The van der Waals surface area contributed by atoms with Crippen LogP contribution in [0.1, 0.15) is 44.1 Å². The zero-order valence-electron chi connectivity index (χ0n) is 14.2. The van der Waals surface area contributed by atoms with Crippen molar-refractivity contribution in [3.05, 3.63) is 35.9 Å². The van der Waals surface area contributed by atoms with E-state index in [0.29, 0.717) is 6.54 Å². The smallest absolute Gasteiger partial charge is 0.243 e. The summed E-state index contributed by atoms with van der Waals surface area (Å²) in [4.78, 5) is 14.6. The summed E-state index contributed by atoms with van der Waals surface area (Å²) in [5, 5.41) is 9.47. The quantitative estimate of drug-likeness (QED) is 0.754. The summed E-state index contributed by atoms with van der Waals surface area (Å²) in [6, 6.07) is 12.7. The van der Waals surface area contributed by atoms with Crippen LogP contribution in [0, 0.1) is 16.7 Å². The topological polar surface area (TPSA) is 53.3 Å². The number of amides is 1. The fraction of sp³-hybridized carbons (Fsp3) is 0.600. The van der Waals surface area contributed by atoms with Crippen LogP contribution < -0.4 is 0 Å². The number of ether oxygens (including phenoxy) is 1. The summed E-state index contributed by atoms with van der Waals surface area (Å²) in [7, 11) is 0. The molecule has 0 aromatic heterocycles. The molecule has 3 rings (SSSR count). The van der Waals surface area contributed by atoms with Crippen molar-refractivity contribution in [3.63, 3.8) is 0 Å². The van der Waals surface area contributed by atoms with E-state index in [9.17, 15) is 10.1 Å². The number of likely N-dealkylation sites (tertiary alicyclic amines) is 1. The van der Waals surface area contributed by atoms with Gasteiger partial charge < -0.3 is 9.64 Å².